The van der Waals surface area contributed by atoms with Gasteiger partial charge in [-0.15, -0.1) is 0 Å². The highest BCUT2D eigenvalue weighted by atomic mass is 19.4. The first-order valence-electron chi connectivity index (χ1n) is 5.74. The smallest absolute Gasteiger partial charge is 0.422 e. The van der Waals surface area contributed by atoms with E-state index >= 15 is 0 Å². The summed E-state index contributed by atoms with van der Waals surface area (Å²) in [5.74, 6) is 0.395. The van der Waals surface area contributed by atoms with E-state index in [4.69, 9.17) is 9.84 Å². The maximum atomic E-state index is 12.6. The van der Waals surface area contributed by atoms with Gasteiger partial charge in [-0.2, -0.15) is 17.7 Å². The molecule has 0 bridgehead atoms. The molecule has 1 aromatic heterocycles. The molecule has 0 unspecified atom stereocenters. The highest BCUT2D eigenvalue weighted by Crippen LogP contribution is 2.28. The third kappa shape index (κ3) is 4.18. The predicted octanol–water partition coefficient (Wildman–Crippen LogP) is 2.16. The van der Waals surface area contributed by atoms with E-state index < -0.39 is 11.7 Å². The first-order valence-corrected chi connectivity index (χ1v) is 5.74. The van der Waals surface area contributed by atoms with E-state index in [-0.39, 0.29) is 6.61 Å². The third-order valence-corrected chi connectivity index (χ3v) is 2.58. The molecule has 3 nitrogen and oxygen atoms in total. The van der Waals surface area contributed by atoms with Gasteiger partial charge < -0.3 is 9.84 Å². The lowest BCUT2D eigenvalue weighted by Gasteiger charge is -2.07. The number of unbranched alkanes of at least 4 members (excludes halogenated alkanes) is 2. The van der Waals surface area contributed by atoms with Crippen LogP contribution in [0.25, 0.3) is 0 Å². The Morgan fingerprint density at radius 3 is 2.50 bits per heavy atom. The number of alkyl halides is 3. The third-order valence-electron chi connectivity index (χ3n) is 2.58. The molecule has 6 heteroatoms. The molecule has 102 valence electrons. The van der Waals surface area contributed by atoms with Gasteiger partial charge in [0, 0.05) is 13.0 Å². The summed E-state index contributed by atoms with van der Waals surface area (Å²) in [6.45, 7) is 0.539. The highest BCUT2D eigenvalue weighted by molar-refractivity contribution is 5.15. The lowest BCUT2D eigenvalue weighted by atomic mass is 10.2. The first kappa shape index (κ1) is 14.8. The molecule has 0 radical (unpaired) electrons. The van der Waals surface area contributed by atoms with Crippen LogP contribution in [-0.2, 0) is 12.7 Å². The summed E-state index contributed by atoms with van der Waals surface area (Å²) in [7, 11) is 1.42. The number of hydrogen-bond donors (Lipinski definition) is 1. The molecule has 0 saturated carbocycles. The fourth-order valence-electron chi connectivity index (χ4n) is 1.63. The second-order valence-electron chi connectivity index (χ2n) is 3.94. The van der Waals surface area contributed by atoms with Gasteiger partial charge in [-0.1, -0.05) is 0 Å². The van der Waals surface area contributed by atoms with Gasteiger partial charge in [0.2, 0.25) is 0 Å². The number of pyridine rings is 1. The van der Waals surface area contributed by atoms with Crippen molar-refractivity contribution in [1.29, 1.82) is 0 Å². The lowest BCUT2D eigenvalue weighted by Crippen LogP contribution is -2.36. The molecule has 0 aliphatic heterocycles. The van der Waals surface area contributed by atoms with Gasteiger partial charge in [-0.3, -0.25) is 0 Å². The number of halogens is 3. The van der Waals surface area contributed by atoms with E-state index in [1.807, 2.05) is 0 Å². The molecule has 1 aromatic rings. The van der Waals surface area contributed by atoms with Crippen molar-refractivity contribution in [2.24, 2.45) is 0 Å². The molecular formula is C12H17F3NO2+. The number of nitrogens with zero attached hydrogens (tertiary/aromatic N) is 1. The van der Waals surface area contributed by atoms with Crippen LogP contribution in [0.5, 0.6) is 5.88 Å². The van der Waals surface area contributed by atoms with E-state index in [1.165, 1.54) is 17.7 Å². The average Bonchev–Trinajstić information content (AvgIpc) is 2.33. The van der Waals surface area contributed by atoms with Crippen molar-refractivity contribution in [3.63, 3.8) is 0 Å². The Morgan fingerprint density at radius 1 is 1.22 bits per heavy atom. The molecule has 1 heterocycles. The van der Waals surface area contributed by atoms with Gasteiger partial charge in [-0.25, -0.2) is 0 Å². The van der Waals surface area contributed by atoms with E-state index in [2.05, 4.69) is 0 Å². The SMILES string of the molecule is COc1ccc(C(F)(F)F)c[n+]1CCCCCO. The number of methoxy groups -OCH3 is 1. The Bertz CT molecular complexity index is 380. The van der Waals surface area contributed by atoms with Gasteiger partial charge in [-0.05, 0) is 18.9 Å². The van der Waals surface area contributed by atoms with Crippen LogP contribution >= 0.6 is 0 Å². The molecule has 0 fully saturated rings. The van der Waals surface area contributed by atoms with Crippen LogP contribution in [0.3, 0.4) is 0 Å². The van der Waals surface area contributed by atoms with Crippen LogP contribution in [0.15, 0.2) is 18.3 Å². The number of aromatic nitrogens is 1. The minimum Gasteiger partial charge on any atom is -0.448 e. The maximum absolute atomic E-state index is 12.6. The molecule has 0 saturated heterocycles. The number of aryl methyl sites for hydroxylation is 1. The molecular weight excluding hydrogens is 247 g/mol. The van der Waals surface area contributed by atoms with E-state index in [0.29, 0.717) is 25.3 Å². The van der Waals surface area contributed by atoms with Crippen LogP contribution < -0.4 is 9.30 Å². The number of aliphatic hydroxyl groups excluding tert-OH is 1. The van der Waals surface area contributed by atoms with Crippen molar-refractivity contribution < 1.29 is 27.6 Å². The van der Waals surface area contributed by atoms with E-state index in [1.54, 1.807) is 0 Å². The molecule has 18 heavy (non-hydrogen) atoms. The summed E-state index contributed by atoms with van der Waals surface area (Å²) < 4.78 is 44.1. The van der Waals surface area contributed by atoms with Gasteiger partial charge in [0.15, 0.2) is 12.7 Å². The minimum atomic E-state index is -4.35. The van der Waals surface area contributed by atoms with Crippen molar-refractivity contribution in [1.82, 2.24) is 0 Å². The fourth-order valence-corrected chi connectivity index (χ4v) is 1.63. The van der Waals surface area contributed by atoms with Crippen LogP contribution in [0, 0.1) is 0 Å². The topological polar surface area (TPSA) is 33.3 Å². The Labute approximate surface area is 104 Å². The van der Waals surface area contributed by atoms with Gasteiger partial charge in [0.25, 0.3) is 0 Å². The highest BCUT2D eigenvalue weighted by Gasteiger charge is 2.34. The molecule has 1 rings (SSSR count). The van der Waals surface area contributed by atoms with Gasteiger partial charge >= 0.3 is 12.1 Å². The zero-order chi connectivity index (χ0) is 13.6. The maximum Gasteiger partial charge on any atom is 0.422 e. The number of hydrogen-bond acceptors (Lipinski definition) is 2. The van der Waals surface area contributed by atoms with Gasteiger partial charge in [0.1, 0.15) is 5.56 Å². The van der Waals surface area contributed by atoms with Crippen molar-refractivity contribution in [3.05, 3.63) is 23.9 Å². The van der Waals surface area contributed by atoms with Crippen LogP contribution in [0.4, 0.5) is 13.2 Å². The summed E-state index contributed by atoms with van der Waals surface area (Å²) in [6, 6.07) is 2.32. The molecule has 0 amide bonds. The summed E-state index contributed by atoms with van der Waals surface area (Å²) in [6.07, 6.45) is -1.18. The normalized spacial score (nSPS) is 11.6. The zero-order valence-corrected chi connectivity index (χ0v) is 10.2. The monoisotopic (exact) mass is 264 g/mol. The second-order valence-corrected chi connectivity index (χ2v) is 3.94. The molecule has 0 aromatic carbocycles. The molecule has 0 atom stereocenters. The lowest BCUT2D eigenvalue weighted by molar-refractivity contribution is -0.702. The van der Waals surface area contributed by atoms with Crippen LogP contribution in [0.2, 0.25) is 0 Å². The number of rotatable bonds is 6. The summed E-state index contributed by atoms with van der Waals surface area (Å²) in [4.78, 5) is 0. The Hall–Kier alpha value is -1.30. The zero-order valence-electron chi connectivity index (χ0n) is 10.2. The standard InChI is InChI=1S/C12H17F3NO2/c1-18-11-6-5-10(12(13,14)15)9-16(11)7-3-2-4-8-17/h5-6,9,17H,2-4,7-8H2,1H3/q+1. The second kappa shape index (κ2) is 6.58. The molecule has 0 spiro atoms. The van der Waals surface area contributed by atoms with Crippen molar-refractivity contribution >= 4 is 0 Å². The van der Waals surface area contributed by atoms with Crippen LogP contribution in [0.1, 0.15) is 24.8 Å². The van der Waals surface area contributed by atoms with E-state index in [9.17, 15) is 13.2 Å². The van der Waals surface area contributed by atoms with E-state index in [0.717, 1.165) is 18.7 Å². The molecule has 1 N–H and O–H groups in total. The largest absolute Gasteiger partial charge is 0.448 e. The quantitative estimate of drug-likeness (QED) is 0.631. The number of aliphatic hydroxyl groups is 1. The van der Waals surface area contributed by atoms with Crippen molar-refractivity contribution in [2.75, 3.05) is 13.7 Å². The Morgan fingerprint density at radius 2 is 1.94 bits per heavy atom. The summed E-state index contributed by atoms with van der Waals surface area (Å²) in [5, 5.41) is 8.63. The van der Waals surface area contributed by atoms with Crippen molar-refractivity contribution in [3.8, 4) is 5.88 Å². The first-order chi connectivity index (χ1) is 8.49. The average molecular weight is 264 g/mol. The Balaban J connectivity index is 2.79. The van der Waals surface area contributed by atoms with Crippen LogP contribution in [-0.4, -0.2) is 18.8 Å². The number of ether oxygens (including phenoxy) is 1. The molecule has 0 aliphatic rings. The summed E-state index contributed by atoms with van der Waals surface area (Å²) in [5.41, 5.74) is -0.689. The fraction of sp³-hybridized carbons (Fsp3) is 0.583. The molecule has 0 aliphatic carbocycles. The van der Waals surface area contributed by atoms with Gasteiger partial charge in [0.05, 0.1) is 13.2 Å². The Kier molecular flexibility index (Phi) is 5.40. The summed E-state index contributed by atoms with van der Waals surface area (Å²) >= 11 is 0. The predicted molar refractivity (Wildman–Crippen MR) is 59.1 cm³/mol. The van der Waals surface area contributed by atoms with Crippen molar-refractivity contribution in [2.45, 2.75) is 32.0 Å². The minimum absolute atomic E-state index is 0.102.